The Morgan fingerprint density at radius 1 is 1.24 bits per heavy atom. The van der Waals surface area contributed by atoms with Gasteiger partial charge in [-0.05, 0) is 25.8 Å². The molecule has 0 aliphatic rings. The normalized spacial score (nSPS) is 13.4. The first-order valence-corrected chi connectivity index (χ1v) is 5.94. The Morgan fingerprint density at radius 3 is 2.41 bits per heavy atom. The summed E-state index contributed by atoms with van der Waals surface area (Å²) >= 11 is 0. The second-order valence-electron chi connectivity index (χ2n) is 3.95. The quantitative estimate of drug-likeness (QED) is 0.622. The van der Waals surface area contributed by atoms with Crippen LogP contribution in [-0.4, -0.2) is 0 Å². The van der Waals surface area contributed by atoms with E-state index in [2.05, 4.69) is 19.1 Å². The number of benzene rings is 1. The maximum Gasteiger partial charge on any atom is 0.125 e. The number of aryl methyl sites for hydroxylation is 1. The summed E-state index contributed by atoms with van der Waals surface area (Å²) in [6.45, 7) is 5.76. The number of rotatable bonds is 4. The highest BCUT2D eigenvalue weighted by Crippen LogP contribution is 2.16. The third-order valence-corrected chi connectivity index (χ3v) is 2.49. The molecule has 0 heterocycles. The molecule has 0 bridgehead atoms. The van der Waals surface area contributed by atoms with E-state index in [1.54, 1.807) is 6.92 Å². The van der Waals surface area contributed by atoms with Crippen LogP contribution in [0, 0.1) is 6.92 Å². The summed E-state index contributed by atoms with van der Waals surface area (Å²) in [6.07, 6.45) is 7.96. The zero-order valence-corrected chi connectivity index (χ0v) is 10.7. The molecule has 0 aliphatic heterocycles. The standard InChI is InChI=1S/C16H19F/c1-4-6-15(16(17)5-2)12-11-14-9-7-13(3)8-10-14/h5-12H,4H2,1-3H3/b12-11+,15-6-,16-5+. The molecule has 0 aromatic heterocycles. The highest BCUT2D eigenvalue weighted by molar-refractivity contribution is 5.55. The molecule has 0 aliphatic carbocycles. The van der Waals surface area contributed by atoms with Crippen molar-refractivity contribution in [3.05, 3.63) is 65.0 Å². The van der Waals surface area contributed by atoms with Gasteiger partial charge in [-0.25, -0.2) is 4.39 Å². The van der Waals surface area contributed by atoms with Crippen molar-refractivity contribution in [1.29, 1.82) is 0 Å². The van der Waals surface area contributed by atoms with Gasteiger partial charge in [-0.1, -0.05) is 61.1 Å². The predicted octanol–water partition coefficient (Wildman–Crippen LogP) is 5.22. The molecule has 1 aromatic carbocycles. The molecule has 0 amide bonds. The van der Waals surface area contributed by atoms with Crippen LogP contribution in [0.1, 0.15) is 31.4 Å². The van der Waals surface area contributed by atoms with Gasteiger partial charge in [-0.15, -0.1) is 0 Å². The third-order valence-electron chi connectivity index (χ3n) is 2.49. The minimum Gasteiger partial charge on any atom is -0.207 e. The largest absolute Gasteiger partial charge is 0.207 e. The summed E-state index contributed by atoms with van der Waals surface area (Å²) < 4.78 is 13.5. The molecule has 0 atom stereocenters. The van der Waals surface area contributed by atoms with Crippen LogP contribution >= 0.6 is 0 Å². The molecule has 0 nitrogen and oxygen atoms in total. The van der Waals surface area contributed by atoms with Crippen molar-refractivity contribution in [3.8, 4) is 0 Å². The van der Waals surface area contributed by atoms with E-state index in [9.17, 15) is 4.39 Å². The molecule has 0 fully saturated rings. The fraction of sp³-hybridized carbons (Fsp3) is 0.250. The topological polar surface area (TPSA) is 0 Å². The summed E-state index contributed by atoms with van der Waals surface area (Å²) in [4.78, 5) is 0. The molecule has 1 heteroatoms. The second kappa shape index (κ2) is 6.85. The van der Waals surface area contributed by atoms with Gasteiger partial charge in [0.05, 0.1) is 0 Å². The van der Waals surface area contributed by atoms with Crippen LogP contribution < -0.4 is 0 Å². The van der Waals surface area contributed by atoms with Gasteiger partial charge < -0.3 is 0 Å². The monoisotopic (exact) mass is 230 g/mol. The molecular formula is C16H19F. The van der Waals surface area contributed by atoms with E-state index in [1.165, 1.54) is 11.6 Å². The molecule has 0 N–H and O–H groups in total. The zero-order chi connectivity index (χ0) is 12.7. The summed E-state index contributed by atoms with van der Waals surface area (Å²) in [6, 6.07) is 8.16. The van der Waals surface area contributed by atoms with Gasteiger partial charge in [0.1, 0.15) is 5.83 Å². The van der Waals surface area contributed by atoms with Crippen LogP contribution in [-0.2, 0) is 0 Å². The van der Waals surface area contributed by atoms with Crippen molar-refractivity contribution in [1.82, 2.24) is 0 Å². The number of halogens is 1. The Labute approximate surface area is 103 Å². The highest BCUT2D eigenvalue weighted by atomic mass is 19.1. The lowest BCUT2D eigenvalue weighted by molar-refractivity contribution is 0.654. The smallest absolute Gasteiger partial charge is 0.125 e. The van der Waals surface area contributed by atoms with Gasteiger partial charge in [0.2, 0.25) is 0 Å². The third kappa shape index (κ3) is 4.39. The molecule has 17 heavy (non-hydrogen) atoms. The zero-order valence-electron chi connectivity index (χ0n) is 10.7. The highest BCUT2D eigenvalue weighted by Gasteiger charge is 1.97. The van der Waals surface area contributed by atoms with Crippen LogP contribution in [0.2, 0.25) is 0 Å². The number of allylic oxidation sites excluding steroid dienone is 5. The second-order valence-corrected chi connectivity index (χ2v) is 3.95. The predicted molar refractivity (Wildman–Crippen MR) is 73.5 cm³/mol. The average Bonchev–Trinajstić information content (AvgIpc) is 2.35. The van der Waals surface area contributed by atoms with Crippen LogP contribution in [0.25, 0.3) is 6.08 Å². The first-order chi connectivity index (χ1) is 8.17. The first kappa shape index (κ1) is 13.4. The number of hydrogen-bond acceptors (Lipinski definition) is 0. The molecular weight excluding hydrogens is 211 g/mol. The molecule has 0 spiro atoms. The van der Waals surface area contributed by atoms with E-state index in [0.717, 1.165) is 12.0 Å². The van der Waals surface area contributed by atoms with Gasteiger partial charge in [-0.3, -0.25) is 0 Å². The van der Waals surface area contributed by atoms with Crippen molar-refractivity contribution in [2.45, 2.75) is 27.2 Å². The van der Waals surface area contributed by atoms with Crippen LogP contribution in [0.3, 0.4) is 0 Å². The molecule has 1 rings (SSSR count). The SMILES string of the molecule is C\C=C(F)/C(=C\CC)/C=C/c1ccc(C)cc1. The Bertz CT molecular complexity index is 433. The lowest BCUT2D eigenvalue weighted by Gasteiger charge is -1.99. The Hall–Kier alpha value is -1.63. The maximum atomic E-state index is 13.5. The minimum absolute atomic E-state index is 0.171. The van der Waals surface area contributed by atoms with E-state index in [4.69, 9.17) is 0 Å². The van der Waals surface area contributed by atoms with E-state index < -0.39 is 0 Å². The van der Waals surface area contributed by atoms with Gasteiger partial charge >= 0.3 is 0 Å². The Kier molecular flexibility index (Phi) is 5.41. The fourth-order valence-electron chi connectivity index (χ4n) is 1.50. The molecule has 0 saturated heterocycles. The summed E-state index contributed by atoms with van der Waals surface area (Å²) in [5.41, 5.74) is 2.96. The van der Waals surface area contributed by atoms with E-state index in [-0.39, 0.29) is 5.83 Å². The minimum atomic E-state index is -0.171. The molecule has 0 saturated carbocycles. The lowest BCUT2D eigenvalue weighted by atomic mass is 10.1. The van der Waals surface area contributed by atoms with Gasteiger partial charge in [-0.2, -0.15) is 0 Å². The van der Waals surface area contributed by atoms with E-state index in [0.29, 0.717) is 5.57 Å². The maximum absolute atomic E-state index is 13.5. The van der Waals surface area contributed by atoms with Crippen LogP contribution in [0.15, 0.2) is 53.9 Å². The number of hydrogen-bond donors (Lipinski definition) is 0. The first-order valence-electron chi connectivity index (χ1n) is 5.94. The van der Waals surface area contributed by atoms with E-state index in [1.807, 2.05) is 37.3 Å². The summed E-state index contributed by atoms with van der Waals surface area (Å²) in [7, 11) is 0. The average molecular weight is 230 g/mol. The van der Waals surface area contributed by atoms with Gasteiger partial charge in [0, 0.05) is 5.57 Å². The van der Waals surface area contributed by atoms with Crippen LogP contribution in [0.5, 0.6) is 0 Å². The summed E-state index contributed by atoms with van der Waals surface area (Å²) in [5.74, 6) is -0.171. The molecule has 90 valence electrons. The summed E-state index contributed by atoms with van der Waals surface area (Å²) in [5, 5.41) is 0. The van der Waals surface area contributed by atoms with Crippen molar-refractivity contribution in [3.63, 3.8) is 0 Å². The molecule has 0 unspecified atom stereocenters. The van der Waals surface area contributed by atoms with Crippen molar-refractivity contribution in [2.75, 3.05) is 0 Å². The lowest BCUT2D eigenvalue weighted by Crippen LogP contribution is -1.80. The molecule has 1 aromatic rings. The van der Waals surface area contributed by atoms with Crippen LogP contribution in [0.4, 0.5) is 4.39 Å². The fourth-order valence-corrected chi connectivity index (χ4v) is 1.50. The van der Waals surface area contributed by atoms with E-state index >= 15 is 0 Å². The van der Waals surface area contributed by atoms with Crippen molar-refractivity contribution >= 4 is 6.08 Å². The Balaban J connectivity index is 2.87. The van der Waals surface area contributed by atoms with Crippen molar-refractivity contribution in [2.24, 2.45) is 0 Å². The van der Waals surface area contributed by atoms with Crippen molar-refractivity contribution < 1.29 is 4.39 Å². The molecule has 0 radical (unpaired) electrons. The van der Waals surface area contributed by atoms with Gasteiger partial charge in [0.15, 0.2) is 0 Å². The Morgan fingerprint density at radius 2 is 1.88 bits per heavy atom. The van der Waals surface area contributed by atoms with Gasteiger partial charge in [0.25, 0.3) is 0 Å².